The van der Waals surface area contributed by atoms with Crippen molar-refractivity contribution < 1.29 is 37.1 Å². The van der Waals surface area contributed by atoms with Crippen LogP contribution in [0.25, 0.3) is 22.2 Å². The van der Waals surface area contributed by atoms with Gasteiger partial charge >= 0.3 is 6.18 Å². The van der Waals surface area contributed by atoms with E-state index in [1.165, 1.54) is 28.8 Å². The number of halogens is 3. The fraction of sp³-hybridized carbons (Fsp3) is 0.417. The first-order valence-electron chi connectivity index (χ1n) is 17.0. The lowest BCUT2D eigenvalue weighted by Gasteiger charge is -2.27. The highest BCUT2D eigenvalue weighted by atomic mass is 19.4. The number of amides is 3. The third-order valence-corrected chi connectivity index (χ3v) is 10.0. The summed E-state index contributed by atoms with van der Waals surface area (Å²) < 4.78 is 48.1. The number of likely N-dealkylation sites (tertiary alicyclic amines) is 1. The Bertz CT molecular complexity index is 2180. The first-order chi connectivity index (χ1) is 25.1. The van der Waals surface area contributed by atoms with E-state index in [9.17, 15) is 32.3 Å². The van der Waals surface area contributed by atoms with Crippen molar-refractivity contribution in [2.45, 2.75) is 71.9 Å². The zero-order valence-electron chi connectivity index (χ0n) is 29.3. The molecule has 2 N–H and O–H groups in total. The molecule has 2 aliphatic heterocycles. The van der Waals surface area contributed by atoms with E-state index in [4.69, 9.17) is 4.74 Å². The molecule has 2 fully saturated rings. The van der Waals surface area contributed by atoms with Crippen LogP contribution in [-0.2, 0) is 38.4 Å². The maximum atomic E-state index is 14.3. The molecule has 0 unspecified atom stereocenters. The quantitative estimate of drug-likeness (QED) is 0.230. The Balaban J connectivity index is 1.23. The summed E-state index contributed by atoms with van der Waals surface area (Å²) in [5.41, 5.74) is -0.962. The number of piperidine rings is 1. The second-order valence-electron chi connectivity index (χ2n) is 14.3. The second kappa shape index (κ2) is 13.1. The molecule has 14 nitrogen and oxygen atoms in total. The highest BCUT2D eigenvalue weighted by Gasteiger charge is 2.67. The van der Waals surface area contributed by atoms with Crippen LogP contribution in [0.4, 0.5) is 19.0 Å². The smallest absolute Gasteiger partial charge is 0.373 e. The van der Waals surface area contributed by atoms with Gasteiger partial charge < -0.3 is 20.3 Å². The van der Waals surface area contributed by atoms with Crippen molar-refractivity contribution in [3.8, 4) is 11.3 Å². The van der Waals surface area contributed by atoms with Crippen molar-refractivity contribution >= 4 is 40.2 Å². The van der Waals surface area contributed by atoms with Gasteiger partial charge in [-0.2, -0.15) is 18.3 Å². The SMILES string of the molecule is CC(=O)c1nn(CC(=O)N2[C@H]3C[C@@]4(CNC(=O)C(C)(C)/C=C\COCc5ccc(C(F)(F)F)nc5NC3=O)C[C@@H]24)c2cnc(-c3cnc(C)nc3)cc12. The average Bonchev–Trinajstić information content (AvgIpc) is 3.52. The van der Waals surface area contributed by atoms with Gasteiger partial charge in [-0.05, 0) is 45.7 Å². The van der Waals surface area contributed by atoms with Gasteiger partial charge in [-0.15, -0.1) is 0 Å². The molecule has 6 heterocycles. The summed E-state index contributed by atoms with van der Waals surface area (Å²) in [6.07, 6.45) is 3.89. The third kappa shape index (κ3) is 6.88. The maximum Gasteiger partial charge on any atom is 0.433 e. The highest BCUT2D eigenvalue weighted by molar-refractivity contribution is 6.06. The summed E-state index contributed by atoms with van der Waals surface area (Å²) in [6.45, 7) is 6.23. The number of rotatable bonds is 4. The van der Waals surface area contributed by atoms with Gasteiger partial charge in [-0.3, -0.25) is 28.8 Å². The lowest BCUT2D eigenvalue weighted by Crippen LogP contribution is -2.47. The van der Waals surface area contributed by atoms with Crippen LogP contribution in [0, 0.1) is 17.8 Å². The Morgan fingerprint density at radius 3 is 2.55 bits per heavy atom. The van der Waals surface area contributed by atoms with E-state index >= 15 is 0 Å². The average molecular weight is 732 g/mol. The summed E-state index contributed by atoms with van der Waals surface area (Å²) in [6, 6.07) is 2.09. The molecule has 1 spiro atoms. The number of aromatic nitrogens is 6. The van der Waals surface area contributed by atoms with Crippen LogP contribution >= 0.6 is 0 Å². The van der Waals surface area contributed by atoms with Gasteiger partial charge in [-0.25, -0.2) is 15.0 Å². The Morgan fingerprint density at radius 2 is 1.83 bits per heavy atom. The molecule has 1 saturated carbocycles. The number of ketones is 1. The number of hydrogen-bond donors (Lipinski definition) is 2. The molecule has 0 radical (unpaired) electrons. The summed E-state index contributed by atoms with van der Waals surface area (Å²) in [7, 11) is 0. The summed E-state index contributed by atoms with van der Waals surface area (Å²) in [5.74, 6) is -1.61. The van der Waals surface area contributed by atoms with Crippen molar-refractivity contribution in [3.63, 3.8) is 0 Å². The molecule has 0 aromatic carbocycles. The standard InChI is InChI=1S/C36H36F3N9O5/c1-19(49)30-23-10-24(22-13-40-20(2)41-14-22)42-15-26(23)47(46-30)16-29(50)48-25-11-35(12-28(35)48)18-43-33(52)34(3,4)8-5-9-53-17-21-6-7-27(36(37,38)39)44-31(21)45-32(25)51/h5-8,10,13-15,25,28H,9,11-12,16-18H2,1-4H3,(H,43,52)(H,44,45,51)/b8-5-/t25-,28+,35-/m0/s1. The predicted octanol–water partition coefficient (Wildman–Crippen LogP) is 4.04. The fourth-order valence-corrected chi connectivity index (χ4v) is 7.02. The van der Waals surface area contributed by atoms with Gasteiger partial charge in [0.15, 0.2) is 5.78 Å². The summed E-state index contributed by atoms with van der Waals surface area (Å²) >= 11 is 0. The number of nitrogens with zero attached hydrogens (tertiary/aromatic N) is 7. The molecule has 7 rings (SSSR count). The molecular formula is C36H36F3N9O5. The molecule has 4 aromatic rings. The molecule has 2 bridgehead atoms. The van der Waals surface area contributed by atoms with Crippen molar-refractivity contribution in [1.82, 2.24) is 39.9 Å². The van der Waals surface area contributed by atoms with Gasteiger partial charge in [-0.1, -0.05) is 18.2 Å². The van der Waals surface area contributed by atoms with Gasteiger partial charge in [0.25, 0.3) is 0 Å². The number of alkyl halides is 3. The molecule has 4 aromatic heterocycles. The number of carbonyl (C=O) groups excluding carboxylic acids is 4. The van der Waals surface area contributed by atoms with Crippen LogP contribution in [0.15, 0.2) is 48.9 Å². The summed E-state index contributed by atoms with van der Waals surface area (Å²) in [5, 5.41) is 10.4. The molecule has 276 valence electrons. The van der Waals surface area contributed by atoms with E-state index in [2.05, 4.69) is 35.7 Å². The number of ether oxygens (including phenoxy) is 1. The van der Waals surface area contributed by atoms with E-state index < -0.39 is 46.6 Å². The minimum Gasteiger partial charge on any atom is -0.373 e. The van der Waals surface area contributed by atoms with Crippen molar-refractivity contribution in [3.05, 3.63) is 71.7 Å². The minimum atomic E-state index is -4.78. The van der Waals surface area contributed by atoms with E-state index in [-0.39, 0.29) is 61.5 Å². The number of carbonyl (C=O) groups is 4. The lowest BCUT2D eigenvalue weighted by molar-refractivity contribution is -0.141. The first kappa shape index (κ1) is 35.8. The first-order valence-corrected chi connectivity index (χ1v) is 17.0. The van der Waals surface area contributed by atoms with Crippen LogP contribution in [0.2, 0.25) is 0 Å². The highest BCUT2D eigenvalue weighted by Crippen LogP contribution is 2.59. The number of hydrogen-bond acceptors (Lipinski definition) is 10. The Hall–Kier alpha value is -5.58. The van der Waals surface area contributed by atoms with Crippen molar-refractivity contribution in [1.29, 1.82) is 0 Å². The van der Waals surface area contributed by atoms with Crippen LogP contribution in [0.1, 0.15) is 61.2 Å². The number of Topliss-reactive ketones (excluding diaryl/α,β-unsaturated/α-hetero) is 1. The van der Waals surface area contributed by atoms with Crippen LogP contribution in [0.5, 0.6) is 0 Å². The second-order valence-corrected chi connectivity index (χ2v) is 14.3. The number of fused-ring (bicyclic) bond motifs is 3. The third-order valence-electron chi connectivity index (χ3n) is 10.0. The van der Waals surface area contributed by atoms with Gasteiger partial charge in [0, 0.05) is 53.8 Å². The maximum absolute atomic E-state index is 14.3. The van der Waals surface area contributed by atoms with Crippen LogP contribution in [0.3, 0.4) is 0 Å². The van der Waals surface area contributed by atoms with E-state index in [0.29, 0.717) is 34.4 Å². The van der Waals surface area contributed by atoms with Crippen LogP contribution < -0.4 is 10.6 Å². The van der Waals surface area contributed by atoms with Gasteiger partial charge in [0.05, 0.1) is 36.0 Å². The number of pyridine rings is 2. The molecule has 3 amide bonds. The Morgan fingerprint density at radius 1 is 1.08 bits per heavy atom. The van der Waals surface area contributed by atoms with Gasteiger partial charge in [0.2, 0.25) is 17.7 Å². The molecular weight excluding hydrogens is 695 g/mol. The van der Waals surface area contributed by atoms with Crippen LogP contribution in [-0.4, -0.2) is 83.4 Å². The van der Waals surface area contributed by atoms with Crippen molar-refractivity contribution in [2.24, 2.45) is 10.8 Å². The van der Waals surface area contributed by atoms with E-state index in [0.717, 1.165) is 6.07 Å². The monoisotopic (exact) mass is 731 g/mol. The Labute approximate surface area is 301 Å². The molecule has 17 heteroatoms. The normalized spacial score (nSPS) is 23.5. The molecule has 53 heavy (non-hydrogen) atoms. The number of nitrogens with one attached hydrogen (secondary N) is 2. The van der Waals surface area contributed by atoms with E-state index in [1.54, 1.807) is 51.4 Å². The summed E-state index contributed by atoms with van der Waals surface area (Å²) in [4.78, 5) is 72.4. The number of aryl methyl sites for hydroxylation is 1. The largest absolute Gasteiger partial charge is 0.433 e. The lowest BCUT2D eigenvalue weighted by atomic mass is 9.91. The minimum absolute atomic E-state index is 0.0483. The Kier molecular flexibility index (Phi) is 8.87. The molecule has 3 aliphatic rings. The van der Waals surface area contributed by atoms with Crippen molar-refractivity contribution in [2.75, 3.05) is 18.5 Å². The van der Waals surface area contributed by atoms with Gasteiger partial charge in [0.1, 0.15) is 35.6 Å². The van der Waals surface area contributed by atoms with E-state index in [1.807, 2.05) is 0 Å². The zero-order chi connectivity index (χ0) is 37.9. The molecule has 1 saturated heterocycles. The topological polar surface area (TPSA) is 174 Å². The predicted molar refractivity (Wildman–Crippen MR) is 183 cm³/mol. The fourth-order valence-electron chi connectivity index (χ4n) is 7.02. The molecule has 1 aliphatic carbocycles. The molecule has 3 atom stereocenters. The zero-order valence-corrected chi connectivity index (χ0v) is 29.3. The number of anilines is 1.